The van der Waals surface area contributed by atoms with Gasteiger partial charge < -0.3 is 10.2 Å². The van der Waals surface area contributed by atoms with E-state index in [4.69, 9.17) is 11.6 Å². The van der Waals surface area contributed by atoms with Crippen LogP contribution >= 0.6 is 11.6 Å². The first-order valence-corrected chi connectivity index (χ1v) is 5.41. The average Bonchev–Trinajstić information content (AvgIpc) is 2.75. The van der Waals surface area contributed by atoms with Gasteiger partial charge in [-0.2, -0.15) is 0 Å². The van der Waals surface area contributed by atoms with Crippen LogP contribution in [-0.4, -0.2) is 16.8 Å². The van der Waals surface area contributed by atoms with E-state index in [0.717, 1.165) is 12.0 Å². The van der Waals surface area contributed by atoms with Crippen molar-refractivity contribution < 1.29 is 10.2 Å². The second-order valence-corrected chi connectivity index (χ2v) is 5.37. The fraction of sp³-hybridized carbons (Fsp3) is 0.500. The van der Waals surface area contributed by atoms with E-state index in [1.54, 1.807) is 12.1 Å². The molecule has 1 aliphatic rings. The van der Waals surface area contributed by atoms with Crippen molar-refractivity contribution in [2.45, 2.75) is 25.7 Å². The molecule has 1 atom stereocenters. The molecule has 0 heterocycles. The van der Waals surface area contributed by atoms with Crippen LogP contribution in [0.3, 0.4) is 0 Å². The zero-order chi connectivity index (χ0) is 11.3. The lowest BCUT2D eigenvalue weighted by Gasteiger charge is -2.18. The maximum absolute atomic E-state index is 9.50. The summed E-state index contributed by atoms with van der Waals surface area (Å²) in [6, 6.07) is 5.18. The largest absolute Gasteiger partial charge is 0.506 e. The number of benzene rings is 1. The topological polar surface area (TPSA) is 40.5 Å². The van der Waals surface area contributed by atoms with E-state index in [2.05, 4.69) is 13.8 Å². The molecule has 3 heteroatoms. The van der Waals surface area contributed by atoms with Crippen LogP contribution < -0.4 is 0 Å². The molecule has 1 unspecified atom stereocenters. The maximum Gasteiger partial charge on any atom is 0.134 e. The lowest BCUT2D eigenvalue weighted by Crippen LogP contribution is -2.19. The van der Waals surface area contributed by atoms with E-state index in [-0.39, 0.29) is 23.2 Å². The van der Waals surface area contributed by atoms with Gasteiger partial charge in [-0.15, -0.1) is 0 Å². The molecule has 15 heavy (non-hydrogen) atoms. The number of aromatic hydroxyl groups is 1. The zero-order valence-electron chi connectivity index (χ0n) is 8.92. The quantitative estimate of drug-likeness (QED) is 0.814. The highest BCUT2D eigenvalue weighted by Gasteiger charge is 2.61. The maximum atomic E-state index is 9.50. The predicted molar refractivity (Wildman–Crippen MR) is 60.3 cm³/mol. The van der Waals surface area contributed by atoms with E-state index in [1.807, 2.05) is 6.07 Å². The summed E-state index contributed by atoms with van der Waals surface area (Å²) in [6.45, 7) is 4.38. The highest BCUT2D eigenvalue weighted by Crippen LogP contribution is 2.64. The van der Waals surface area contributed by atoms with Gasteiger partial charge in [-0.25, -0.2) is 0 Å². The summed E-state index contributed by atoms with van der Waals surface area (Å²) in [5.41, 5.74) is 0.949. The van der Waals surface area contributed by atoms with Crippen LogP contribution in [0.25, 0.3) is 0 Å². The van der Waals surface area contributed by atoms with Gasteiger partial charge in [0.25, 0.3) is 0 Å². The third-order valence-corrected chi connectivity index (χ3v) is 3.99. The molecule has 1 aromatic carbocycles. The molecular weight excluding hydrogens is 212 g/mol. The summed E-state index contributed by atoms with van der Waals surface area (Å²) < 4.78 is 0. The van der Waals surface area contributed by atoms with Gasteiger partial charge in [0.15, 0.2) is 0 Å². The molecular formula is C12H15ClO2. The van der Waals surface area contributed by atoms with Gasteiger partial charge in [0.2, 0.25) is 0 Å². The van der Waals surface area contributed by atoms with Crippen molar-refractivity contribution in [2.24, 2.45) is 5.41 Å². The van der Waals surface area contributed by atoms with Gasteiger partial charge in [-0.1, -0.05) is 31.5 Å². The van der Waals surface area contributed by atoms with Gasteiger partial charge in [-0.05, 0) is 29.5 Å². The Bertz CT molecular complexity index is 401. The highest BCUT2D eigenvalue weighted by atomic mass is 35.5. The summed E-state index contributed by atoms with van der Waals surface area (Å²) >= 11 is 5.87. The van der Waals surface area contributed by atoms with Crippen molar-refractivity contribution in [3.05, 3.63) is 28.8 Å². The van der Waals surface area contributed by atoms with Crippen molar-refractivity contribution in [2.75, 3.05) is 6.61 Å². The molecule has 0 amide bonds. The van der Waals surface area contributed by atoms with Crippen molar-refractivity contribution in [3.63, 3.8) is 0 Å². The van der Waals surface area contributed by atoms with Crippen molar-refractivity contribution in [3.8, 4) is 5.75 Å². The molecule has 1 fully saturated rings. The molecule has 1 aromatic rings. The Balaban J connectivity index is 2.42. The zero-order valence-corrected chi connectivity index (χ0v) is 9.67. The number of halogens is 1. The van der Waals surface area contributed by atoms with Crippen LogP contribution in [0.2, 0.25) is 5.02 Å². The lowest BCUT2D eigenvalue weighted by molar-refractivity contribution is 0.231. The van der Waals surface area contributed by atoms with E-state index in [1.165, 1.54) is 0 Å². The van der Waals surface area contributed by atoms with Gasteiger partial charge in [0.05, 0.1) is 11.6 Å². The summed E-state index contributed by atoms with van der Waals surface area (Å²) in [5, 5.41) is 19.2. The van der Waals surface area contributed by atoms with Crippen LogP contribution in [0.1, 0.15) is 25.8 Å². The van der Waals surface area contributed by atoms with Crippen LogP contribution in [0.5, 0.6) is 5.75 Å². The molecule has 0 bridgehead atoms. The Hall–Kier alpha value is -0.730. The Morgan fingerprint density at radius 2 is 2.00 bits per heavy atom. The number of phenols is 1. The SMILES string of the molecule is CC1(C)CC1(CO)c1ccc(O)c(Cl)c1. The molecule has 2 rings (SSSR count). The fourth-order valence-electron chi connectivity index (χ4n) is 2.37. The molecule has 82 valence electrons. The number of aliphatic hydroxyl groups is 1. The van der Waals surface area contributed by atoms with E-state index in [0.29, 0.717) is 5.02 Å². The first kappa shape index (κ1) is 10.8. The molecule has 2 nitrogen and oxygen atoms in total. The molecule has 1 saturated carbocycles. The first-order chi connectivity index (χ1) is 6.93. The lowest BCUT2D eigenvalue weighted by atomic mass is 9.89. The Kier molecular flexibility index (Phi) is 2.25. The summed E-state index contributed by atoms with van der Waals surface area (Å²) in [6.07, 6.45) is 0.956. The van der Waals surface area contributed by atoms with E-state index in [9.17, 15) is 10.2 Å². The molecule has 0 spiro atoms. The minimum atomic E-state index is -0.176. The standard InChI is InChI=1S/C12H15ClO2/c1-11(2)6-12(11,7-14)8-3-4-10(15)9(13)5-8/h3-5,14-15H,6-7H2,1-2H3. The Labute approximate surface area is 94.5 Å². The summed E-state index contributed by atoms with van der Waals surface area (Å²) in [4.78, 5) is 0. The van der Waals surface area contributed by atoms with Crippen LogP contribution in [0.4, 0.5) is 0 Å². The molecule has 0 aliphatic heterocycles. The molecule has 0 saturated heterocycles. The van der Waals surface area contributed by atoms with Gasteiger partial charge >= 0.3 is 0 Å². The number of aliphatic hydroxyl groups excluding tert-OH is 1. The van der Waals surface area contributed by atoms with E-state index < -0.39 is 0 Å². The fourth-order valence-corrected chi connectivity index (χ4v) is 2.55. The molecule has 1 aliphatic carbocycles. The number of rotatable bonds is 2. The smallest absolute Gasteiger partial charge is 0.134 e. The summed E-state index contributed by atoms with van der Waals surface area (Å²) in [7, 11) is 0. The number of phenolic OH excluding ortho intramolecular Hbond substituents is 1. The van der Waals surface area contributed by atoms with Gasteiger partial charge in [0.1, 0.15) is 5.75 Å². The van der Waals surface area contributed by atoms with Crippen molar-refractivity contribution in [1.82, 2.24) is 0 Å². The van der Waals surface area contributed by atoms with Gasteiger partial charge in [-0.3, -0.25) is 0 Å². The minimum Gasteiger partial charge on any atom is -0.506 e. The third kappa shape index (κ3) is 1.44. The monoisotopic (exact) mass is 226 g/mol. The number of hydrogen-bond donors (Lipinski definition) is 2. The molecule has 0 aromatic heterocycles. The van der Waals surface area contributed by atoms with Crippen LogP contribution in [0.15, 0.2) is 18.2 Å². The first-order valence-electron chi connectivity index (χ1n) is 5.03. The molecule has 2 N–H and O–H groups in total. The predicted octanol–water partition coefficient (Wildman–Crippen LogP) is 2.71. The van der Waals surface area contributed by atoms with Crippen LogP contribution in [-0.2, 0) is 5.41 Å². The third-order valence-electron chi connectivity index (χ3n) is 3.68. The van der Waals surface area contributed by atoms with Gasteiger partial charge in [0, 0.05) is 5.41 Å². The second kappa shape index (κ2) is 3.13. The summed E-state index contributed by atoms with van der Waals surface area (Å²) in [5.74, 6) is 0.0898. The van der Waals surface area contributed by atoms with E-state index >= 15 is 0 Å². The van der Waals surface area contributed by atoms with Crippen molar-refractivity contribution in [1.29, 1.82) is 0 Å². The average molecular weight is 227 g/mol. The molecule has 0 radical (unpaired) electrons. The minimum absolute atomic E-state index is 0.0898. The van der Waals surface area contributed by atoms with Crippen molar-refractivity contribution >= 4 is 11.6 Å². The Morgan fingerprint density at radius 3 is 2.40 bits per heavy atom. The normalized spacial score (nSPS) is 27.7. The number of hydrogen-bond acceptors (Lipinski definition) is 2. The van der Waals surface area contributed by atoms with Crippen LogP contribution in [0, 0.1) is 5.41 Å². The second-order valence-electron chi connectivity index (χ2n) is 4.97. The highest BCUT2D eigenvalue weighted by molar-refractivity contribution is 6.32. The Morgan fingerprint density at radius 1 is 1.40 bits per heavy atom.